The summed E-state index contributed by atoms with van der Waals surface area (Å²) in [6, 6.07) is 3.95. The Morgan fingerprint density at radius 3 is 2.64 bits per heavy atom. The van der Waals surface area contributed by atoms with Gasteiger partial charge in [0.2, 0.25) is 10.0 Å². The van der Waals surface area contributed by atoms with Gasteiger partial charge in [0.05, 0.1) is 9.90 Å². The molecule has 0 aliphatic carbocycles. The molecule has 2 heterocycles. The summed E-state index contributed by atoms with van der Waals surface area (Å²) in [6.45, 7) is 2.52. The average Bonchev–Trinajstić information content (AvgIpc) is 3.04. The van der Waals surface area contributed by atoms with Gasteiger partial charge in [-0.3, -0.25) is 0 Å². The Morgan fingerprint density at radius 2 is 2.05 bits per heavy atom. The van der Waals surface area contributed by atoms with Crippen LogP contribution in [0.1, 0.15) is 29.3 Å². The Bertz CT molecular complexity index is 752. The van der Waals surface area contributed by atoms with E-state index in [0.717, 1.165) is 17.8 Å². The number of halogens is 1. The molecule has 4 nitrogen and oxygen atoms in total. The molecule has 1 aromatic carbocycles. The first-order valence-corrected chi connectivity index (χ1v) is 9.46. The normalized spacial score (nSPS) is 17.7. The van der Waals surface area contributed by atoms with E-state index in [0.29, 0.717) is 24.6 Å². The fraction of sp³-hybridized carbons (Fsp3) is 0.400. The third-order valence-corrected chi connectivity index (χ3v) is 6.85. The maximum absolute atomic E-state index is 13.3. The Hall–Kier alpha value is -1.31. The first kappa shape index (κ1) is 15.6. The molecule has 3 rings (SSSR count). The van der Waals surface area contributed by atoms with E-state index in [1.54, 1.807) is 24.5 Å². The lowest BCUT2D eigenvalue weighted by molar-refractivity contribution is 0.319. The zero-order valence-electron chi connectivity index (χ0n) is 12.2. The Labute approximate surface area is 133 Å². The maximum atomic E-state index is 13.3. The Morgan fingerprint density at radius 1 is 1.32 bits per heavy atom. The van der Waals surface area contributed by atoms with Gasteiger partial charge in [-0.2, -0.15) is 4.31 Å². The Kier molecular flexibility index (Phi) is 4.29. The van der Waals surface area contributed by atoms with Crippen LogP contribution in [-0.2, 0) is 10.0 Å². The van der Waals surface area contributed by atoms with Crippen molar-refractivity contribution in [2.24, 2.45) is 0 Å². The molecular formula is C15H17FN2O2S2. The van der Waals surface area contributed by atoms with E-state index < -0.39 is 10.0 Å². The standard InChI is InChI=1S/C15H17FN2O2S2/c1-11-10-13(2-3-14(11)16)22(19,20)18-7-4-12(5-8-18)15-17-6-9-21-15/h2-3,6,9-10,12H,4-5,7-8H2,1H3. The Balaban J connectivity index is 1.75. The molecule has 1 fully saturated rings. The van der Waals surface area contributed by atoms with E-state index in [9.17, 15) is 12.8 Å². The van der Waals surface area contributed by atoms with Crippen molar-refractivity contribution in [2.75, 3.05) is 13.1 Å². The van der Waals surface area contributed by atoms with Crippen LogP contribution in [0.25, 0.3) is 0 Å². The first-order valence-electron chi connectivity index (χ1n) is 7.14. The number of aryl methyl sites for hydroxylation is 1. The SMILES string of the molecule is Cc1cc(S(=O)(=O)N2CCC(c3nccs3)CC2)ccc1F. The maximum Gasteiger partial charge on any atom is 0.243 e. The molecule has 1 saturated heterocycles. The van der Waals surface area contributed by atoms with Crippen LogP contribution >= 0.6 is 11.3 Å². The number of benzene rings is 1. The van der Waals surface area contributed by atoms with Gasteiger partial charge in [0, 0.05) is 30.6 Å². The molecule has 1 aliphatic heterocycles. The lowest BCUT2D eigenvalue weighted by Gasteiger charge is -2.30. The highest BCUT2D eigenvalue weighted by Crippen LogP contribution is 2.31. The first-order chi connectivity index (χ1) is 10.5. The van der Waals surface area contributed by atoms with Crippen molar-refractivity contribution in [2.45, 2.75) is 30.6 Å². The van der Waals surface area contributed by atoms with Crippen LogP contribution in [0.15, 0.2) is 34.7 Å². The average molecular weight is 340 g/mol. The third kappa shape index (κ3) is 2.93. The van der Waals surface area contributed by atoms with Crippen molar-refractivity contribution in [3.05, 3.63) is 46.2 Å². The molecule has 0 saturated carbocycles. The summed E-state index contributed by atoms with van der Waals surface area (Å²) in [5.41, 5.74) is 0.346. The van der Waals surface area contributed by atoms with Crippen LogP contribution in [0.4, 0.5) is 4.39 Å². The monoisotopic (exact) mass is 340 g/mol. The summed E-state index contributed by atoms with van der Waals surface area (Å²) in [5.74, 6) is -0.0529. The van der Waals surface area contributed by atoms with Gasteiger partial charge in [0.25, 0.3) is 0 Å². The van der Waals surface area contributed by atoms with Gasteiger partial charge < -0.3 is 0 Å². The minimum atomic E-state index is -3.54. The molecule has 1 aliphatic rings. The molecule has 0 atom stereocenters. The smallest absolute Gasteiger partial charge is 0.243 e. The van der Waals surface area contributed by atoms with Gasteiger partial charge in [-0.25, -0.2) is 17.8 Å². The van der Waals surface area contributed by atoms with E-state index in [1.165, 1.54) is 22.5 Å². The van der Waals surface area contributed by atoms with Gasteiger partial charge in [-0.05, 0) is 43.5 Å². The second-order valence-corrected chi connectivity index (χ2v) is 8.32. The van der Waals surface area contributed by atoms with Crippen LogP contribution in [0.5, 0.6) is 0 Å². The number of nitrogens with zero attached hydrogens (tertiary/aromatic N) is 2. The van der Waals surface area contributed by atoms with Gasteiger partial charge >= 0.3 is 0 Å². The van der Waals surface area contributed by atoms with Crippen molar-refractivity contribution in [3.8, 4) is 0 Å². The van der Waals surface area contributed by atoms with Gasteiger partial charge in [0.1, 0.15) is 5.82 Å². The largest absolute Gasteiger partial charge is 0.249 e. The highest BCUT2D eigenvalue weighted by Gasteiger charge is 2.30. The second-order valence-electron chi connectivity index (χ2n) is 5.46. The third-order valence-electron chi connectivity index (χ3n) is 4.02. The van der Waals surface area contributed by atoms with Gasteiger partial charge in [0.15, 0.2) is 0 Å². The fourth-order valence-electron chi connectivity index (χ4n) is 2.71. The van der Waals surface area contributed by atoms with Crippen molar-refractivity contribution in [1.82, 2.24) is 9.29 Å². The summed E-state index contributed by atoms with van der Waals surface area (Å²) in [4.78, 5) is 4.48. The minimum Gasteiger partial charge on any atom is -0.249 e. The van der Waals surface area contributed by atoms with Crippen molar-refractivity contribution >= 4 is 21.4 Å². The molecule has 2 aromatic rings. The quantitative estimate of drug-likeness (QED) is 0.862. The van der Waals surface area contributed by atoms with Crippen molar-refractivity contribution < 1.29 is 12.8 Å². The molecule has 0 unspecified atom stereocenters. The number of piperidine rings is 1. The molecule has 0 spiro atoms. The summed E-state index contributed by atoms with van der Waals surface area (Å²) < 4.78 is 40.1. The van der Waals surface area contributed by atoms with E-state index in [2.05, 4.69) is 4.98 Å². The predicted molar refractivity (Wildman–Crippen MR) is 84.0 cm³/mol. The van der Waals surface area contributed by atoms with Crippen LogP contribution in [0.3, 0.4) is 0 Å². The summed E-state index contributed by atoms with van der Waals surface area (Å²) >= 11 is 1.62. The molecule has 7 heteroatoms. The number of sulfonamides is 1. The number of aromatic nitrogens is 1. The highest BCUT2D eigenvalue weighted by atomic mass is 32.2. The lowest BCUT2D eigenvalue weighted by atomic mass is 9.99. The van der Waals surface area contributed by atoms with Crippen LogP contribution < -0.4 is 0 Å². The summed E-state index contributed by atoms with van der Waals surface area (Å²) in [5, 5.41) is 3.02. The topological polar surface area (TPSA) is 50.3 Å². The summed E-state index contributed by atoms with van der Waals surface area (Å²) in [6.07, 6.45) is 3.32. The molecule has 1 aromatic heterocycles. The van der Waals surface area contributed by atoms with Crippen molar-refractivity contribution in [3.63, 3.8) is 0 Å². The number of rotatable bonds is 3. The van der Waals surface area contributed by atoms with Crippen LogP contribution in [0.2, 0.25) is 0 Å². The molecule has 0 radical (unpaired) electrons. The number of hydrogen-bond donors (Lipinski definition) is 0. The van der Waals surface area contributed by atoms with Crippen LogP contribution in [-0.4, -0.2) is 30.8 Å². The van der Waals surface area contributed by atoms with Gasteiger partial charge in [-0.15, -0.1) is 11.3 Å². The second kappa shape index (κ2) is 6.06. The van der Waals surface area contributed by atoms with E-state index in [1.807, 2.05) is 5.38 Å². The minimum absolute atomic E-state index is 0.166. The van der Waals surface area contributed by atoms with Gasteiger partial charge in [-0.1, -0.05) is 0 Å². The van der Waals surface area contributed by atoms with E-state index >= 15 is 0 Å². The zero-order chi connectivity index (χ0) is 15.7. The number of thiazole rings is 1. The van der Waals surface area contributed by atoms with E-state index in [4.69, 9.17) is 0 Å². The molecule has 22 heavy (non-hydrogen) atoms. The van der Waals surface area contributed by atoms with Crippen molar-refractivity contribution in [1.29, 1.82) is 0 Å². The predicted octanol–water partition coefficient (Wildman–Crippen LogP) is 3.16. The lowest BCUT2D eigenvalue weighted by Crippen LogP contribution is -2.37. The van der Waals surface area contributed by atoms with Crippen LogP contribution in [0, 0.1) is 12.7 Å². The van der Waals surface area contributed by atoms with E-state index in [-0.39, 0.29) is 10.7 Å². The molecule has 0 N–H and O–H groups in total. The molecule has 118 valence electrons. The molecular weight excluding hydrogens is 323 g/mol. The highest BCUT2D eigenvalue weighted by molar-refractivity contribution is 7.89. The molecule has 0 amide bonds. The zero-order valence-corrected chi connectivity index (χ0v) is 13.8. The molecule has 0 bridgehead atoms. The fourth-order valence-corrected chi connectivity index (χ4v) is 5.07. The number of hydrogen-bond acceptors (Lipinski definition) is 4. The summed E-state index contributed by atoms with van der Waals surface area (Å²) in [7, 11) is -3.54.